The number of para-hydroxylation sites is 2. The van der Waals surface area contributed by atoms with Gasteiger partial charge >= 0.3 is 0 Å². The molecule has 1 aliphatic heterocycles. The van der Waals surface area contributed by atoms with Crippen LogP contribution in [-0.2, 0) is 19.4 Å². The van der Waals surface area contributed by atoms with E-state index in [1.165, 1.54) is 17.9 Å². The molecule has 6 nitrogen and oxygen atoms in total. The second-order valence-corrected chi connectivity index (χ2v) is 8.71. The first kappa shape index (κ1) is 18.1. The van der Waals surface area contributed by atoms with E-state index in [1.807, 2.05) is 25.1 Å². The van der Waals surface area contributed by atoms with Crippen molar-refractivity contribution in [2.75, 3.05) is 16.8 Å². The monoisotopic (exact) mass is 372 g/mol. The number of hydrogen-bond acceptors (Lipinski definition) is 4. The SMILES string of the molecule is Cc1ccccc1NC(=O)CN1C(=O)C[C@@H](C)S(=O)(=O)c2ccccc21. The summed E-state index contributed by atoms with van der Waals surface area (Å²) in [6.07, 6.45) is -0.158. The Bertz CT molecular complexity index is 969. The molecule has 0 aromatic heterocycles. The minimum atomic E-state index is -3.62. The highest BCUT2D eigenvalue weighted by Gasteiger charge is 2.36. The largest absolute Gasteiger partial charge is 0.324 e. The van der Waals surface area contributed by atoms with E-state index in [0.29, 0.717) is 5.69 Å². The van der Waals surface area contributed by atoms with Gasteiger partial charge in [-0.2, -0.15) is 0 Å². The summed E-state index contributed by atoms with van der Waals surface area (Å²) in [5.74, 6) is -0.764. The Kier molecular flexibility index (Phi) is 4.82. The summed E-state index contributed by atoms with van der Waals surface area (Å²) in [6, 6.07) is 13.6. The van der Waals surface area contributed by atoms with Crippen LogP contribution >= 0.6 is 0 Å². The summed E-state index contributed by atoms with van der Waals surface area (Å²) in [4.78, 5) is 26.4. The van der Waals surface area contributed by atoms with Crippen molar-refractivity contribution >= 4 is 33.0 Å². The fourth-order valence-corrected chi connectivity index (χ4v) is 4.49. The van der Waals surface area contributed by atoms with E-state index in [2.05, 4.69) is 5.32 Å². The molecule has 1 heterocycles. The third kappa shape index (κ3) is 3.35. The normalized spacial score (nSPS) is 18.8. The van der Waals surface area contributed by atoms with Gasteiger partial charge in [-0.25, -0.2) is 8.42 Å². The Labute approximate surface area is 152 Å². The molecular weight excluding hydrogens is 352 g/mol. The number of nitrogens with one attached hydrogen (secondary N) is 1. The maximum Gasteiger partial charge on any atom is 0.244 e. The molecule has 0 unspecified atom stereocenters. The lowest BCUT2D eigenvalue weighted by Crippen LogP contribution is -2.38. The molecule has 0 bridgehead atoms. The first-order valence-electron chi connectivity index (χ1n) is 8.29. The van der Waals surface area contributed by atoms with Crippen LogP contribution in [0.25, 0.3) is 0 Å². The second-order valence-electron chi connectivity index (χ2n) is 6.37. The molecule has 1 aliphatic rings. The number of aryl methyl sites for hydroxylation is 1. The van der Waals surface area contributed by atoms with Gasteiger partial charge in [0.2, 0.25) is 11.8 Å². The number of fused-ring (bicyclic) bond motifs is 1. The molecule has 0 saturated carbocycles. The van der Waals surface area contributed by atoms with Crippen LogP contribution in [0.15, 0.2) is 53.4 Å². The molecule has 2 aromatic rings. The number of amides is 2. The van der Waals surface area contributed by atoms with Gasteiger partial charge in [0.1, 0.15) is 6.54 Å². The molecule has 2 aromatic carbocycles. The molecule has 2 amide bonds. The molecule has 0 aliphatic carbocycles. The van der Waals surface area contributed by atoms with Gasteiger partial charge < -0.3 is 10.2 Å². The van der Waals surface area contributed by atoms with Gasteiger partial charge in [0.05, 0.1) is 15.8 Å². The molecule has 1 N–H and O–H groups in total. The minimum absolute atomic E-state index is 0.0852. The van der Waals surface area contributed by atoms with Gasteiger partial charge in [-0.05, 0) is 37.6 Å². The zero-order chi connectivity index (χ0) is 18.9. The van der Waals surface area contributed by atoms with Crippen LogP contribution < -0.4 is 10.2 Å². The van der Waals surface area contributed by atoms with Crippen molar-refractivity contribution in [3.05, 3.63) is 54.1 Å². The first-order chi connectivity index (χ1) is 12.3. The summed E-state index contributed by atoms with van der Waals surface area (Å²) in [5.41, 5.74) is 1.82. The van der Waals surface area contributed by atoms with Crippen LogP contribution in [-0.4, -0.2) is 32.0 Å². The predicted molar refractivity (Wildman–Crippen MR) is 99.9 cm³/mol. The van der Waals surface area contributed by atoms with E-state index in [1.54, 1.807) is 24.3 Å². The Morgan fingerprint density at radius 1 is 1.15 bits per heavy atom. The van der Waals surface area contributed by atoms with E-state index < -0.39 is 15.1 Å². The van der Waals surface area contributed by atoms with Gasteiger partial charge in [0.25, 0.3) is 0 Å². The maximum atomic E-state index is 12.7. The molecule has 0 saturated heterocycles. The van der Waals surface area contributed by atoms with Crippen LogP contribution in [0.5, 0.6) is 0 Å². The zero-order valence-electron chi connectivity index (χ0n) is 14.6. The maximum absolute atomic E-state index is 12.7. The molecule has 0 spiro atoms. The van der Waals surface area contributed by atoms with Crippen molar-refractivity contribution in [3.63, 3.8) is 0 Å². The van der Waals surface area contributed by atoms with Crippen molar-refractivity contribution in [2.45, 2.75) is 30.4 Å². The van der Waals surface area contributed by atoms with Gasteiger partial charge in [-0.15, -0.1) is 0 Å². The number of sulfone groups is 1. The molecular formula is C19H20N2O4S. The lowest BCUT2D eigenvalue weighted by molar-refractivity contribution is -0.121. The fraction of sp³-hybridized carbons (Fsp3) is 0.263. The molecule has 7 heteroatoms. The zero-order valence-corrected chi connectivity index (χ0v) is 15.4. The van der Waals surface area contributed by atoms with E-state index >= 15 is 0 Å². The van der Waals surface area contributed by atoms with Crippen molar-refractivity contribution in [3.8, 4) is 0 Å². The molecule has 3 rings (SSSR count). The summed E-state index contributed by atoms with van der Waals surface area (Å²) < 4.78 is 25.3. The van der Waals surface area contributed by atoms with E-state index in [9.17, 15) is 18.0 Å². The summed E-state index contributed by atoms with van der Waals surface area (Å²) in [5, 5.41) is 1.95. The van der Waals surface area contributed by atoms with E-state index in [-0.39, 0.29) is 35.4 Å². The number of nitrogens with zero attached hydrogens (tertiary/aromatic N) is 1. The average molecular weight is 372 g/mol. The van der Waals surface area contributed by atoms with Gasteiger partial charge in [-0.3, -0.25) is 9.59 Å². The van der Waals surface area contributed by atoms with Crippen molar-refractivity contribution in [1.29, 1.82) is 0 Å². The topological polar surface area (TPSA) is 83.6 Å². The molecule has 26 heavy (non-hydrogen) atoms. The average Bonchev–Trinajstić information content (AvgIpc) is 2.67. The van der Waals surface area contributed by atoms with E-state index in [0.717, 1.165) is 5.56 Å². The van der Waals surface area contributed by atoms with Crippen LogP contribution in [0.2, 0.25) is 0 Å². The highest BCUT2D eigenvalue weighted by Crippen LogP contribution is 2.33. The highest BCUT2D eigenvalue weighted by atomic mass is 32.2. The number of hydrogen-bond donors (Lipinski definition) is 1. The Morgan fingerprint density at radius 3 is 2.54 bits per heavy atom. The molecule has 1 atom stereocenters. The van der Waals surface area contributed by atoms with Gasteiger partial charge in [0, 0.05) is 12.1 Å². The van der Waals surface area contributed by atoms with Crippen LogP contribution in [0.4, 0.5) is 11.4 Å². The molecule has 0 fully saturated rings. The number of anilines is 2. The predicted octanol–water partition coefficient (Wildman–Crippen LogP) is 2.53. The summed E-state index contributed by atoms with van der Waals surface area (Å²) >= 11 is 0. The smallest absolute Gasteiger partial charge is 0.244 e. The Hall–Kier alpha value is -2.67. The first-order valence-corrected chi connectivity index (χ1v) is 9.84. The van der Waals surface area contributed by atoms with Crippen LogP contribution in [0.1, 0.15) is 18.9 Å². The van der Waals surface area contributed by atoms with Gasteiger partial charge in [-0.1, -0.05) is 30.3 Å². The lowest BCUT2D eigenvalue weighted by Gasteiger charge is -2.22. The lowest BCUT2D eigenvalue weighted by atomic mass is 10.2. The Morgan fingerprint density at radius 2 is 1.81 bits per heavy atom. The third-order valence-electron chi connectivity index (χ3n) is 4.48. The van der Waals surface area contributed by atoms with Crippen molar-refractivity contribution < 1.29 is 18.0 Å². The van der Waals surface area contributed by atoms with Gasteiger partial charge in [0.15, 0.2) is 9.84 Å². The molecule has 136 valence electrons. The standard InChI is InChI=1S/C19H20N2O4S/c1-13-7-3-4-8-15(13)20-18(22)12-21-16-9-5-6-10-17(16)26(24,25)14(2)11-19(21)23/h3-10,14H,11-12H2,1-2H3,(H,20,22)/t14-/m1/s1. The fourth-order valence-electron chi connectivity index (χ4n) is 2.96. The molecule has 0 radical (unpaired) electrons. The number of carbonyl (C=O) groups excluding carboxylic acids is 2. The quantitative estimate of drug-likeness (QED) is 0.897. The minimum Gasteiger partial charge on any atom is -0.324 e. The second kappa shape index (κ2) is 6.92. The van der Waals surface area contributed by atoms with E-state index in [4.69, 9.17) is 0 Å². The highest BCUT2D eigenvalue weighted by molar-refractivity contribution is 7.92. The van der Waals surface area contributed by atoms with Crippen LogP contribution in [0.3, 0.4) is 0 Å². The Balaban J connectivity index is 1.92. The van der Waals surface area contributed by atoms with Crippen molar-refractivity contribution in [1.82, 2.24) is 0 Å². The number of benzene rings is 2. The number of carbonyl (C=O) groups is 2. The number of rotatable bonds is 3. The third-order valence-corrected chi connectivity index (χ3v) is 6.66. The summed E-state index contributed by atoms with van der Waals surface area (Å²) in [7, 11) is -3.62. The summed E-state index contributed by atoms with van der Waals surface area (Å²) in [6.45, 7) is 3.14. The van der Waals surface area contributed by atoms with Crippen LogP contribution in [0, 0.1) is 6.92 Å². The van der Waals surface area contributed by atoms with Crippen molar-refractivity contribution in [2.24, 2.45) is 0 Å².